The van der Waals surface area contributed by atoms with E-state index >= 15 is 0 Å². The quantitative estimate of drug-likeness (QED) is 0.455. The summed E-state index contributed by atoms with van der Waals surface area (Å²) in [5.74, 6) is 1.58. The van der Waals surface area contributed by atoms with E-state index in [1.54, 1.807) is 18.7 Å². The van der Waals surface area contributed by atoms with Gasteiger partial charge in [0, 0.05) is 13.0 Å². The van der Waals surface area contributed by atoms with Gasteiger partial charge in [-0.25, -0.2) is 0 Å². The first-order chi connectivity index (χ1) is 8.60. The Labute approximate surface area is 113 Å². The molecule has 6 heteroatoms. The average molecular weight is 276 g/mol. The van der Waals surface area contributed by atoms with Crippen LogP contribution in [0, 0.1) is 5.92 Å². The number of rotatable bonds is 10. The van der Waals surface area contributed by atoms with Gasteiger partial charge < -0.3 is 15.8 Å². The highest BCUT2D eigenvalue weighted by molar-refractivity contribution is 7.99. The smallest absolute Gasteiger partial charge is 0.305 e. The summed E-state index contributed by atoms with van der Waals surface area (Å²) in [6.45, 7) is 5.41. The number of nitrogens with one attached hydrogen (secondary N) is 1. The van der Waals surface area contributed by atoms with E-state index in [2.05, 4.69) is 12.2 Å². The van der Waals surface area contributed by atoms with Crippen molar-refractivity contribution in [2.75, 3.05) is 31.2 Å². The van der Waals surface area contributed by atoms with Crippen LogP contribution in [0.4, 0.5) is 0 Å². The van der Waals surface area contributed by atoms with Gasteiger partial charge in [-0.15, -0.1) is 0 Å². The van der Waals surface area contributed by atoms with Crippen molar-refractivity contribution in [2.45, 2.75) is 26.7 Å². The molecule has 0 aromatic carbocycles. The fourth-order valence-electron chi connectivity index (χ4n) is 1.17. The lowest BCUT2D eigenvalue weighted by Gasteiger charge is -2.08. The molecule has 0 aliphatic rings. The van der Waals surface area contributed by atoms with Crippen molar-refractivity contribution in [3.05, 3.63) is 0 Å². The summed E-state index contributed by atoms with van der Waals surface area (Å²) in [5, 5.41) is 2.77. The van der Waals surface area contributed by atoms with Gasteiger partial charge in [0.15, 0.2) is 0 Å². The van der Waals surface area contributed by atoms with Crippen molar-refractivity contribution in [3.8, 4) is 0 Å². The van der Waals surface area contributed by atoms with E-state index in [0.717, 1.165) is 5.75 Å². The van der Waals surface area contributed by atoms with E-state index in [1.807, 2.05) is 0 Å². The molecule has 1 atom stereocenters. The summed E-state index contributed by atoms with van der Waals surface area (Å²) in [5.41, 5.74) is 5.48. The van der Waals surface area contributed by atoms with Crippen LogP contribution in [0.15, 0.2) is 0 Å². The van der Waals surface area contributed by atoms with Gasteiger partial charge in [-0.1, -0.05) is 6.92 Å². The van der Waals surface area contributed by atoms with Crippen molar-refractivity contribution in [1.82, 2.24) is 5.32 Å². The maximum absolute atomic E-state index is 11.4. The SMILES string of the molecule is CCOC(=O)CCCNC(=O)CSCC(C)CN. The van der Waals surface area contributed by atoms with E-state index < -0.39 is 0 Å². The molecule has 0 aromatic rings. The third kappa shape index (κ3) is 10.4. The van der Waals surface area contributed by atoms with Gasteiger partial charge in [-0.05, 0) is 31.6 Å². The topological polar surface area (TPSA) is 81.4 Å². The summed E-state index contributed by atoms with van der Waals surface area (Å²) in [4.78, 5) is 22.4. The average Bonchev–Trinajstić information content (AvgIpc) is 2.34. The summed E-state index contributed by atoms with van der Waals surface area (Å²) in [6.07, 6.45) is 0.972. The van der Waals surface area contributed by atoms with Gasteiger partial charge in [0.2, 0.25) is 5.91 Å². The molecule has 1 unspecified atom stereocenters. The third-order valence-corrected chi connectivity index (χ3v) is 3.49. The zero-order valence-corrected chi connectivity index (χ0v) is 12.1. The molecule has 0 heterocycles. The fraction of sp³-hybridized carbons (Fsp3) is 0.833. The molecule has 3 N–H and O–H groups in total. The molecule has 0 radical (unpaired) electrons. The molecule has 106 valence electrons. The number of carbonyl (C=O) groups is 2. The van der Waals surface area contributed by atoms with Gasteiger partial charge in [0.05, 0.1) is 12.4 Å². The number of hydrogen-bond acceptors (Lipinski definition) is 5. The van der Waals surface area contributed by atoms with Crippen LogP contribution in [-0.4, -0.2) is 43.1 Å². The Kier molecular flexibility index (Phi) is 10.9. The number of thioether (sulfide) groups is 1. The van der Waals surface area contributed by atoms with Crippen LogP contribution >= 0.6 is 11.8 Å². The van der Waals surface area contributed by atoms with Gasteiger partial charge >= 0.3 is 5.97 Å². The molecule has 0 fully saturated rings. The maximum atomic E-state index is 11.4. The van der Waals surface area contributed by atoms with Crippen LogP contribution in [-0.2, 0) is 14.3 Å². The van der Waals surface area contributed by atoms with E-state index in [0.29, 0.717) is 44.2 Å². The van der Waals surface area contributed by atoms with E-state index in [9.17, 15) is 9.59 Å². The van der Waals surface area contributed by atoms with Crippen molar-refractivity contribution >= 4 is 23.6 Å². The summed E-state index contributed by atoms with van der Waals surface area (Å²) < 4.78 is 4.78. The Balaban J connectivity index is 3.40. The summed E-state index contributed by atoms with van der Waals surface area (Å²) in [6, 6.07) is 0. The monoisotopic (exact) mass is 276 g/mol. The van der Waals surface area contributed by atoms with Crippen LogP contribution in [0.3, 0.4) is 0 Å². The molecule has 5 nitrogen and oxygen atoms in total. The Hall–Kier alpha value is -0.750. The normalized spacial score (nSPS) is 11.9. The largest absolute Gasteiger partial charge is 0.466 e. The number of amides is 1. The predicted octanol–water partition coefficient (Wildman–Crippen LogP) is 0.774. The van der Waals surface area contributed by atoms with Crippen molar-refractivity contribution in [1.29, 1.82) is 0 Å². The molecule has 0 saturated heterocycles. The van der Waals surface area contributed by atoms with Gasteiger partial charge in [-0.3, -0.25) is 9.59 Å². The van der Waals surface area contributed by atoms with Crippen LogP contribution in [0.5, 0.6) is 0 Å². The van der Waals surface area contributed by atoms with Crippen LogP contribution in [0.1, 0.15) is 26.7 Å². The lowest BCUT2D eigenvalue weighted by molar-refractivity contribution is -0.143. The van der Waals surface area contributed by atoms with E-state index in [4.69, 9.17) is 10.5 Å². The fourth-order valence-corrected chi connectivity index (χ4v) is 2.11. The van der Waals surface area contributed by atoms with Crippen molar-refractivity contribution in [2.24, 2.45) is 11.7 Å². The number of nitrogens with two attached hydrogens (primary N) is 1. The summed E-state index contributed by atoms with van der Waals surface area (Å²) in [7, 11) is 0. The zero-order chi connectivity index (χ0) is 13.8. The lowest BCUT2D eigenvalue weighted by atomic mass is 10.2. The standard InChI is InChI=1S/C12H24N2O3S/c1-3-17-12(16)5-4-6-14-11(15)9-18-8-10(2)7-13/h10H,3-9,13H2,1-2H3,(H,14,15). The minimum Gasteiger partial charge on any atom is -0.466 e. The van der Waals surface area contributed by atoms with E-state index in [-0.39, 0.29) is 11.9 Å². The molecule has 18 heavy (non-hydrogen) atoms. The number of esters is 1. The van der Waals surface area contributed by atoms with Crippen LogP contribution in [0.25, 0.3) is 0 Å². The van der Waals surface area contributed by atoms with Crippen molar-refractivity contribution in [3.63, 3.8) is 0 Å². The van der Waals surface area contributed by atoms with Crippen LogP contribution in [0.2, 0.25) is 0 Å². The van der Waals surface area contributed by atoms with E-state index in [1.165, 1.54) is 0 Å². The first kappa shape index (κ1) is 17.2. The molecule has 0 rings (SSSR count). The number of ether oxygens (including phenoxy) is 1. The van der Waals surface area contributed by atoms with Gasteiger partial charge in [0.1, 0.15) is 0 Å². The van der Waals surface area contributed by atoms with Crippen molar-refractivity contribution < 1.29 is 14.3 Å². The number of carbonyl (C=O) groups excluding carboxylic acids is 2. The Morgan fingerprint density at radius 2 is 2.17 bits per heavy atom. The van der Waals surface area contributed by atoms with Gasteiger partial charge in [-0.2, -0.15) is 11.8 Å². The molecular formula is C12H24N2O3S. The second kappa shape index (κ2) is 11.3. The van der Waals surface area contributed by atoms with Gasteiger partial charge in [0.25, 0.3) is 0 Å². The molecule has 1 amide bonds. The van der Waals surface area contributed by atoms with Crippen LogP contribution < -0.4 is 11.1 Å². The minimum atomic E-state index is -0.210. The second-order valence-electron chi connectivity index (χ2n) is 4.11. The number of hydrogen-bond donors (Lipinski definition) is 2. The maximum Gasteiger partial charge on any atom is 0.305 e. The molecular weight excluding hydrogens is 252 g/mol. The molecule has 0 aromatic heterocycles. The summed E-state index contributed by atoms with van der Waals surface area (Å²) >= 11 is 1.58. The molecule has 0 aliphatic carbocycles. The molecule has 0 bridgehead atoms. The third-order valence-electron chi connectivity index (χ3n) is 2.22. The highest BCUT2D eigenvalue weighted by Gasteiger charge is 2.05. The first-order valence-electron chi connectivity index (χ1n) is 6.30. The lowest BCUT2D eigenvalue weighted by Crippen LogP contribution is -2.27. The zero-order valence-electron chi connectivity index (χ0n) is 11.2. The Morgan fingerprint density at radius 3 is 2.78 bits per heavy atom. The second-order valence-corrected chi connectivity index (χ2v) is 5.14. The highest BCUT2D eigenvalue weighted by atomic mass is 32.2. The highest BCUT2D eigenvalue weighted by Crippen LogP contribution is 2.06. The molecule has 0 saturated carbocycles. The minimum absolute atomic E-state index is 0.00748. The Morgan fingerprint density at radius 1 is 1.44 bits per heavy atom. The molecule has 0 spiro atoms. The first-order valence-corrected chi connectivity index (χ1v) is 7.45. The predicted molar refractivity (Wildman–Crippen MR) is 74.4 cm³/mol. The molecule has 0 aliphatic heterocycles. The Bertz CT molecular complexity index is 249.